The van der Waals surface area contributed by atoms with Crippen molar-refractivity contribution < 1.29 is 4.74 Å². The summed E-state index contributed by atoms with van der Waals surface area (Å²) >= 11 is 6.91. The van der Waals surface area contributed by atoms with E-state index in [9.17, 15) is 0 Å². The molecule has 5 heteroatoms. The van der Waals surface area contributed by atoms with Crippen LogP contribution < -0.4 is 10.5 Å². The van der Waals surface area contributed by atoms with Crippen molar-refractivity contribution in [1.29, 1.82) is 0 Å². The minimum Gasteiger partial charge on any atom is -0.455 e. The first-order valence-corrected chi connectivity index (χ1v) is 7.99. The summed E-state index contributed by atoms with van der Waals surface area (Å²) < 4.78 is 7.61. The number of ether oxygens (including phenoxy) is 1. The van der Waals surface area contributed by atoms with Gasteiger partial charge in [0.25, 0.3) is 0 Å². The van der Waals surface area contributed by atoms with E-state index in [0.29, 0.717) is 5.75 Å². The molecule has 3 nitrogen and oxygen atoms in total. The molecule has 0 saturated heterocycles. The van der Waals surface area contributed by atoms with Crippen molar-refractivity contribution in [2.24, 2.45) is 5.73 Å². The third-order valence-corrected chi connectivity index (χ3v) is 3.98. The van der Waals surface area contributed by atoms with E-state index in [-0.39, 0.29) is 6.04 Å². The van der Waals surface area contributed by atoms with Crippen LogP contribution in [0.4, 0.5) is 0 Å². The van der Waals surface area contributed by atoms with E-state index in [1.807, 2.05) is 18.2 Å². The van der Waals surface area contributed by atoms with Gasteiger partial charge in [-0.3, -0.25) is 4.98 Å². The summed E-state index contributed by atoms with van der Waals surface area (Å²) in [5, 5.41) is 0. The van der Waals surface area contributed by atoms with Crippen molar-refractivity contribution >= 4 is 31.9 Å². The van der Waals surface area contributed by atoms with Crippen molar-refractivity contribution in [1.82, 2.24) is 4.98 Å². The van der Waals surface area contributed by atoms with Gasteiger partial charge in [-0.05, 0) is 68.5 Å². The van der Waals surface area contributed by atoms with Gasteiger partial charge in [0.1, 0.15) is 11.5 Å². The van der Waals surface area contributed by atoms with Crippen LogP contribution in [0.1, 0.15) is 18.9 Å². The van der Waals surface area contributed by atoms with Crippen LogP contribution in [0.15, 0.2) is 45.6 Å². The molecule has 2 N–H and O–H groups in total. The number of benzene rings is 1. The van der Waals surface area contributed by atoms with E-state index in [4.69, 9.17) is 10.5 Å². The molecule has 0 aliphatic rings. The van der Waals surface area contributed by atoms with Gasteiger partial charge in [-0.2, -0.15) is 0 Å². The van der Waals surface area contributed by atoms with Crippen LogP contribution >= 0.6 is 31.9 Å². The summed E-state index contributed by atoms with van der Waals surface area (Å²) in [5.41, 5.74) is 7.17. The topological polar surface area (TPSA) is 48.1 Å². The lowest BCUT2D eigenvalue weighted by Gasteiger charge is -2.12. The lowest BCUT2D eigenvalue weighted by molar-refractivity contribution is 0.476. The molecule has 106 valence electrons. The van der Waals surface area contributed by atoms with Crippen molar-refractivity contribution in [3.05, 3.63) is 51.2 Å². The van der Waals surface area contributed by atoms with E-state index in [0.717, 1.165) is 27.5 Å². The maximum absolute atomic E-state index is 5.97. The maximum atomic E-state index is 5.97. The average molecular weight is 400 g/mol. The van der Waals surface area contributed by atoms with Crippen LogP contribution in [0.2, 0.25) is 0 Å². The van der Waals surface area contributed by atoms with Gasteiger partial charge in [0, 0.05) is 16.7 Å². The normalized spacial score (nSPS) is 12.2. The number of aromatic nitrogens is 1. The second-order valence-electron chi connectivity index (χ2n) is 4.58. The zero-order valence-electron chi connectivity index (χ0n) is 11.1. The molecule has 2 rings (SSSR count). The third-order valence-electron chi connectivity index (χ3n) is 2.93. The number of nitrogens with two attached hydrogens (primary N) is 1. The molecule has 0 amide bonds. The smallest absolute Gasteiger partial charge is 0.146 e. The lowest BCUT2D eigenvalue weighted by Crippen LogP contribution is -2.21. The Morgan fingerprint density at radius 3 is 2.70 bits per heavy atom. The van der Waals surface area contributed by atoms with Crippen LogP contribution in [-0.4, -0.2) is 11.0 Å². The van der Waals surface area contributed by atoms with E-state index >= 15 is 0 Å². The van der Waals surface area contributed by atoms with Gasteiger partial charge in [0.15, 0.2) is 0 Å². The highest BCUT2D eigenvalue weighted by molar-refractivity contribution is 9.10. The minimum atomic E-state index is 0.197. The highest BCUT2D eigenvalue weighted by Gasteiger charge is 2.07. The molecule has 1 aromatic heterocycles. The van der Waals surface area contributed by atoms with Crippen molar-refractivity contribution in [2.45, 2.75) is 25.8 Å². The van der Waals surface area contributed by atoms with Gasteiger partial charge < -0.3 is 10.5 Å². The average Bonchev–Trinajstić information content (AvgIpc) is 2.42. The zero-order valence-corrected chi connectivity index (χ0v) is 14.3. The van der Waals surface area contributed by atoms with E-state index in [1.54, 1.807) is 12.4 Å². The Kier molecular flexibility index (Phi) is 5.57. The van der Waals surface area contributed by atoms with E-state index in [1.165, 1.54) is 5.56 Å². The second-order valence-corrected chi connectivity index (χ2v) is 6.35. The predicted molar refractivity (Wildman–Crippen MR) is 88.1 cm³/mol. The number of hydrogen-bond acceptors (Lipinski definition) is 3. The monoisotopic (exact) mass is 398 g/mol. The molecule has 0 spiro atoms. The van der Waals surface area contributed by atoms with Gasteiger partial charge in [-0.15, -0.1) is 0 Å². The first-order chi connectivity index (χ1) is 9.58. The molecule has 1 heterocycles. The fourth-order valence-corrected chi connectivity index (χ4v) is 2.63. The number of hydrogen-bond donors (Lipinski definition) is 1. The standard InChI is InChI=1S/C15H16Br2N2O/c1-2-12(18)5-10-3-4-15(14(17)6-10)20-13-7-11(16)8-19-9-13/h3-4,6-9,12H,2,5,18H2,1H3. The van der Waals surface area contributed by atoms with Crippen LogP contribution in [0.3, 0.4) is 0 Å². The first kappa shape index (κ1) is 15.5. The fraction of sp³-hybridized carbons (Fsp3) is 0.267. The van der Waals surface area contributed by atoms with Crippen molar-refractivity contribution in [2.75, 3.05) is 0 Å². The lowest BCUT2D eigenvalue weighted by atomic mass is 10.0. The van der Waals surface area contributed by atoms with Crippen molar-refractivity contribution in [3.8, 4) is 11.5 Å². The molecule has 0 aliphatic carbocycles. The van der Waals surface area contributed by atoms with E-state index in [2.05, 4.69) is 49.8 Å². The number of nitrogens with zero attached hydrogens (tertiary/aromatic N) is 1. The minimum absolute atomic E-state index is 0.197. The molecule has 0 fully saturated rings. The summed E-state index contributed by atoms with van der Waals surface area (Å²) in [4.78, 5) is 4.07. The van der Waals surface area contributed by atoms with Crippen molar-refractivity contribution in [3.63, 3.8) is 0 Å². The molecule has 0 saturated carbocycles. The predicted octanol–water partition coefficient (Wildman–Crippen LogP) is 4.68. The van der Waals surface area contributed by atoms with Gasteiger partial charge in [0.2, 0.25) is 0 Å². The molecular weight excluding hydrogens is 384 g/mol. The Morgan fingerprint density at radius 2 is 2.05 bits per heavy atom. The largest absolute Gasteiger partial charge is 0.455 e. The molecule has 2 aromatic rings. The van der Waals surface area contributed by atoms with Gasteiger partial charge in [0.05, 0.1) is 10.7 Å². The Hall–Kier alpha value is -0.910. The van der Waals surface area contributed by atoms with E-state index < -0.39 is 0 Å². The molecule has 20 heavy (non-hydrogen) atoms. The second kappa shape index (κ2) is 7.20. The summed E-state index contributed by atoms with van der Waals surface area (Å²) in [7, 11) is 0. The van der Waals surface area contributed by atoms with Gasteiger partial charge in [-0.25, -0.2) is 0 Å². The summed E-state index contributed by atoms with van der Waals surface area (Å²) in [6, 6.07) is 8.11. The number of halogens is 2. The Morgan fingerprint density at radius 1 is 1.25 bits per heavy atom. The molecule has 1 atom stereocenters. The Bertz CT molecular complexity index is 590. The highest BCUT2D eigenvalue weighted by atomic mass is 79.9. The third kappa shape index (κ3) is 4.30. The quantitative estimate of drug-likeness (QED) is 0.793. The Balaban J connectivity index is 2.13. The van der Waals surface area contributed by atoms with Gasteiger partial charge >= 0.3 is 0 Å². The molecule has 1 unspecified atom stereocenters. The molecule has 0 radical (unpaired) electrons. The summed E-state index contributed by atoms with van der Waals surface area (Å²) in [6.07, 6.45) is 5.24. The molecular formula is C15H16Br2N2O. The number of pyridine rings is 1. The summed E-state index contributed by atoms with van der Waals surface area (Å²) in [5.74, 6) is 1.46. The van der Waals surface area contributed by atoms with Crippen LogP contribution in [-0.2, 0) is 6.42 Å². The number of rotatable bonds is 5. The van der Waals surface area contributed by atoms with Gasteiger partial charge in [-0.1, -0.05) is 13.0 Å². The molecule has 1 aromatic carbocycles. The molecule has 0 bridgehead atoms. The maximum Gasteiger partial charge on any atom is 0.146 e. The van der Waals surface area contributed by atoms with Crippen LogP contribution in [0.5, 0.6) is 11.5 Å². The zero-order chi connectivity index (χ0) is 14.5. The molecule has 0 aliphatic heterocycles. The SMILES string of the molecule is CCC(N)Cc1ccc(Oc2cncc(Br)c2)c(Br)c1. The van der Waals surface area contributed by atoms with Crippen LogP contribution in [0, 0.1) is 0 Å². The van der Waals surface area contributed by atoms with Crippen LogP contribution in [0.25, 0.3) is 0 Å². The first-order valence-electron chi connectivity index (χ1n) is 6.41. The highest BCUT2D eigenvalue weighted by Crippen LogP contribution is 2.31. The summed E-state index contributed by atoms with van der Waals surface area (Å²) in [6.45, 7) is 2.09. The fourth-order valence-electron chi connectivity index (χ4n) is 1.78. The Labute approximate surface area is 135 Å².